The van der Waals surface area contributed by atoms with Crippen LogP contribution >= 0.6 is 0 Å². The van der Waals surface area contributed by atoms with E-state index < -0.39 is 0 Å². The molecule has 0 atom stereocenters. The summed E-state index contributed by atoms with van der Waals surface area (Å²) in [6, 6.07) is 17.9. The molecular formula is C29H38N4O2. The summed E-state index contributed by atoms with van der Waals surface area (Å²) in [7, 11) is 2.00. The van der Waals surface area contributed by atoms with Gasteiger partial charge in [-0.05, 0) is 42.3 Å². The summed E-state index contributed by atoms with van der Waals surface area (Å²) >= 11 is 0. The standard InChI is InChI=1S/C29H38N4O2/c1-22(2)19-32(20-25-15-10-18-31(25)3)28(34)21-33(24-13-5-4-6-14-24)29(35)30-27-17-9-12-23-11-7-8-16-26(23)27/h7-12,15-18,22,24H,4-6,13-14,19-21H2,1-3H3,(H,30,35). The maximum atomic E-state index is 13.6. The lowest BCUT2D eigenvalue weighted by molar-refractivity contribution is -0.133. The van der Waals surface area contributed by atoms with E-state index >= 15 is 0 Å². The maximum Gasteiger partial charge on any atom is 0.322 e. The molecule has 6 heteroatoms. The zero-order chi connectivity index (χ0) is 24.8. The van der Waals surface area contributed by atoms with Crippen molar-refractivity contribution >= 4 is 28.4 Å². The van der Waals surface area contributed by atoms with E-state index in [0.29, 0.717) is 19.0 Å². The first kappa shape index (κ1) is 24.8. The normalized spacial score (nSPS) is 14.3. The number of nitrogens with one attached hydrogen (secondary N) is 1. The summed E-state index contributed by atoms with van der Waals surface area (Å²) in [6.07, 6.45) is 7.26. The van der Waals surface area contributed by atoms with Crippen molar-refractivity contribution in [2.45, 2.75) is 58.5 Å². The highest BCUT2D eigenvalue weighted by molar-refractivity contribution is 6.02. The summed E-state index contributed by atoms with van der Waals surface area (Å²) in [5, 5.41) is 5.22. The third-order valence-corrected chi connectivity index (χ3v) is 6.96. The summed E-state index contributed by atoms with van der Waals surface area (Å²) < 4.78 is 2.05. The molecule has 1 aliphatic rings. The van der Waals surface area contributed by atoms with E-state index in [1.54, 1.807) is 4.90 Å². The zero-order valence-electron chi connectivity index (χ0n) is 21.2. The number of nitrogens with zero attached hydrogens (tertiary/aromatic N) is 3. The Balaban J connectivity index is 1.55. The molecule has 1 heterocycles. The van der Waals surface area contributed by atoms with Crippen LogP contribution in [-0.2, 0) is 18.4 Å². The van der Waals surface area contributed by atoms with Gasteiger partial charge < -0.3 is 19.7 Å². The number of aromatic nitrogens is 1. The number of amides is 3. The molecule has 1 N–H and O–H groups in total. The second-order valence-corrected chi connectivity index (χ2v) is 10.2. The fraction of sp³-hybridized carbons (Fsp3) is 0.448. The van der Waals surface area contributed by atoms with Gasteiger partial charge in [0.25, 0.3) is 0 Å². The molecule has 0 spiro atoms. The van der Waals surface area contributed by atoms with Crippen LogP contribution in [0.15, 0.2) is 60.8 Å². The van der Waals surface area contributed by atoms with Gasteiger partial charge in [-0.25, -0.2) is 4.79 Å². The molecule has 2 aromatic carbocycles. The number of benzene rings is 2. The zero-order valence-corrected chi connectivity index (χ0v) is 21.2. The molecule has 1 aromatic heterocycles. The van der Waals surface area contributed by atoms with E-state index in [1.807, 2.05) is 77.3 Å². The monoisotopic (exact) mass is 474 g/mol. The fourth-order valence-corrected chi connectivity index (χ4v) is 5.08. The minimum atomic E-state index is -0.190. The number of carbonyl (C=O) groups excluding carboxylic acids is 2. The minimum Gasteiger partial charge on any atom is -0.353 e. The van der Waals surface area contributed by atoms with Crippen LogP contribution in [0.1, 0.15) is 51.6 Å². The number of carbonyl (C=O) groups is 2. The Kier molecular flexibility index (Phi) is 8.11. The van der Waals surface area contributed by atoms with Crippen LogP contribution in [0.5, 0.6) is 0 Å². The molecule has 1 saturated carbocycles. The summed E-state index contributed by atoms with van der Waals surface area (Å²) in [5.74, 6) is 0.338. The molecule has 6 nitrogen and oxygen atoms in total. The van der Waals surface area contributed by atoms with Gasteiger partial charge in [0.15, 0.2) is 0 Å². The first-order chi connectivity index (χ1) is 16.9. The summed E-state index contributed by atoms with van der Waals surface area (Å²) in [4.78, 5) is 31.0. The van der Waals surface area contributed by atoms with Crippen LogP contribution < -0.4 is 5.32 Å². The lowest BCUT2D eigenvalue weighted by Crippen LogP contribution is -2.50. The van der Waals surface area contributed by atoms with Crippen LogP contribution in [0.25, 0.3) is 10.8 Å². The van der Waals surface area contributed by atoms with E-state index in [9.17, 15) is 9.59 Å². The van der Waals surface area contributed by atoms with Gasteiger partial charge in [-0.2, -0.15) is 0 Å². The Bertz CT molecular complexity index is 1140. The number of fused-ring (bicyclic) bond motifs is 1. The molecule has 35 heavy (non-hydrogen) atoms. The van der Waals surface area contributed by atoms with E-state index in [-0.39, 0.29) is 24.5 Å². The van der Waals surface area contributed by atoms with Gasteiger partial charge in [0.05, 0.1) is 12.2 Å². The highest BCUT2D eigenvalue weighted by atomic mass is 16.2. The van der Waals surface area contributed by atoms with Gasteiger partial charge in [-0.1, -0.05) is 69.5 Å². The quantitative estimate of drug-likeness (QED) is 0.433. The molecule has 4 rings (SSSR count). The van der Waals surface area contributed by atoms with Crippen molar-refractivity contribution in [2.24, 2.45) is 13.0 Å². The van der Waals surface area contributed by atoms with Gasteiger partial charge in [0, 0.05) is 36.9 Å². The minimum absolute atomic E-state index is 0.00135. The van der Waals surface area contributed by atoms with Crippen LogP contribution in [0.2, 0.25) is 0 Å². The molecule has 186 valence electrons. The van der Waals surface area contributed by atoms with Crippen LogP contribution in [0.3, 0.4) is 0 Å². The number of hydrogen-bond donors (Lipinski definition) is 1. The molecular weight excluding hydrogens is 436 g/mol. The van der Waals surface area contributed by atoms with Crippen LogP contribution in [0.4, 0.5) is 10.5 Å². The van der Waals surface area contributed by atoms with Crippen molar-refractivity contribution in [3.05, 3.63) is 66.5 Å². The Morgan fingerprint density at radius 2 is 1.74 bits per heavy atom. The van der Waals surface area contributed by atoms with Crippen molar-refractivity contribution in [3.8, 4) is 0 Å². The number of hydrogen-bond acceptors (Lipinski definition) is 2. The SMILES string of the molecule is CC(C)CN(Cc1cccn1C)C(=O)CN(C(=O)Nc1cccc2ccccc12)C1CCCCC1. The number of urea groups is 1. The van der Waals surface area contributed by atoms with Crippen LogP contribution in [-0.4, -0.2) is 45.4 Å². The molecule has 0 unspecified atom stereocenters. The molecule has 1 aliphatic carbocycles. The number of rotatable bonds is 8. The molecule has 3 amide bonds. The second-order valence-electron chi connectivity index (χ2n) is 10.2. The Morgan fingerprint density at radius 1 is 1.00 bits per heavy atom. The Hall–Kier alpha value is -3.28. The highest BCUT2D eigenvalue weighted by Crippen LogP contribution is 2.26. The lowest BCUT2D eigenvalue weighted by Gasteiger charge is -2.36. The third-order valence-electron chi connectivity index (χ3n) is 6.96. The Labute approximate surface area is 208 Å². The first-order valence-electron chi connectivity index (χ1n) is 12.9. The van der Waals surface area contributed by atoms with Gasteiger partial charge in [-0.15, -0.1) is 0 Å². The molecule has 0 saturated heterocycles. The van der Waals surface area contributed by atoms with Crippen molar-refractivity contribution in [1.29, 1.82) is 0 Å². The lowest BCUT2D eigenvalue weighted by atomic mass is 9.94. The largest absolute Gasteiger partial charge is 0.353 e. The first-order valence-corrected chi connectivity index (χ1v) is 12.9. The molecule has 0 bridgehead atoms. The summed E-state index contributed by atoms with van der Waals surface area (Å²) in [5.41, 5.74) is 1.87. The van der Waals surface area contributed by atoms with E-state index in [1.165, 1.54) is 6.42 Å². The average molecular weight is 475 g/mol. The highest BCUT2D eigenvalue weighted by Gasteiger charge is 2.30. The van der Waals surface area contributed by atoms with Crippen molar-refractivity contribution in [1.82, 2.24) is 14.4 Å². The predicted molar refractivity (Wildman–Crippen MR) is 142 cm³/mol. The van der Waals surface area contributed by atoms with Gasteiger partial charge >= 0.3 is 6.03 Å². The smallest absolute Gasteiger partial charge is 0.322 e. The van der Waals surface area contributed by atoms with Gasteiger partial charge in [-0.3, -0.25) is 4.79 Å². The molecule has 0 radical (unpaired) electrons. The number of anilines is 1. The van der Waals surface area contributed by atoms with Gasteiger partial charge in [0.1, 0.15) is 6.54 Å². The maximum absolute atomic E-state index is 13.6. The van der Waals surface area contributed by atoms with E-state index in [0.717, 1.165) is 47.8 Å². The second kappa shape index (κ2) is 11.4. The van der Waals surface area contributed by atoms with E-state index in [4.69, 9.17) is 0 Å². The van der Waals surface area contributed by atoms with Crippen LogP contribution in [0, 0.1) is 5.92 Å². The topological polar surface area (TPSA) is 57.6 Å². The Morgan fingerprint density at radius 3 is 2.46 bits per heavy atom. The predicted octanol–water partition coefficient (Wildman–Crippen LogP) is 6.03. The van der Waals surface area contributed by atoms with Crippen molar-refractivity contribution in [2.75, 3.05) is 18.4 Å². The van der Waals surface area contributed by atoms with Gasteiger partial charge in [0.2, 0.25) is 5.91 Å². The number of aryl methyl sites for hydroxylation is 1. The third kappa shape index (κ3) is 6.24. The van der Waals surface area contributed by atoms with E-state index in [2.05, 4.69) is 19.2 Å². The molecule has 0 aliphatic heterocycles. The van der Waals surface area contributed by atoms with Crippen molar-refractivity contribution in [3.63, 3.8) is 0 Å². The average Bonchev–Trinajstić information content (AvgIpc) is 3.26. The fourth-order valence-electron chi connectivity index (χ4n) is 5.08. The van der Waals surface area contributed by atoms with Crippen molar-refractivity contribution < 1.29 is 9.59 Å². The molecule has 1 fully saturated rings. The summed E-state index contributed by atoms with van der Waals surface area (Å²) in [6.45, 7) is 5.55. The molecule has 3 aromatic rings.